The summed E-state index contributed by atoms with van der Waals surface area (Å²) in [6, 6.07) is 4.18. The molecule has 1 aliphatic rings. The molecule has 0 bridgehead atoms. The lowest BCUT2D eigenvalue weighted by Gasteiger charge is -2.29. The van der Waals surface area contributed by atoms with Crippen molar-refractivity contribution in [1.82, 2.24) is 0 Å². The maximum absolute atomic E-state index is 11.7. The van der Waals surface area contributed by atoms with Gasteiger partial charge in [-0.15, -0.1) is 0 Å². The molecule has 0 saturated heterocycles. The Morgan fingerprint density at radius 2 is 2.17 bits per heavy atom. The van der Waals surface area contributed by atoms with Crippen LogP contribution < -0.4 is 15.4 Å². The molecule has 1 amide bonds. The highest BCUT2D eigenvalue weighted by molar-refractivity contribution is 5.97. The topological polar surface area (TPSA) is 55.6 Å². The van der Waals surface area contributed by atoms with Gasteiger partial charge in [0.2, 0.25) is 0 Å². The molecule has 0 radical (unpaired) electrons. The third-order valence-electron chi connectivity index (χ3n) is 3.32. The fourth-order valence-electron chi connectivity index (χ4n) is 2.15. The van der Waals surface area contributed by atoms with Gasteiger partial charge in [-0.3, -0.25) is 4.79 Å². The lowest BCUT2D eigenvalue weighted by atomic mass is 9.96. The summed E-state index contributed by atoms with van der Waals surface area (Å²) in [4.78, 5) is 13.4. The fraction of sp³-hybridized carbons (Fsp3) is 0.500. The minimum atomic E-state index is -0.0119. The van der Waals surface area contributed by atoms with Crippen LogP contribution in [0.1, 0.15) is 30.9 Å². The van der Waals surface area contributed by atoms with Crippen LogP contribution in [0.4, 0.5) is 5.69 Å². The van der Waals surface area contributed by atoms with Crippen molar-refractivity contribution < 1.29 is 9.53 Å². The molecule has 0 saturated carbocycles. The van der Waals surface area contributed by atoms with Gasteiger partial charge >= 0.3 is 0 Å². The van der Waals surface area contributed by atoms with Crippen LogP contribution in [0.3, 0.4) is 0 Å². The number of fused-ring (bicyclic) bond motifs is 1. The maximum atomic E-state index is 11.7. The van der Waals surface area contributed by atoms with E-state index in [4.69, 9.17) is 10.5 Å². The smallest absolute Gasteiger partial charge is 0.264 e. The van der Waals surface area contributed by atoms with Crippen molar-refractivity contribution in [3.05, 3.63) is 23.3 Å². The second kappa shape index (κ2) is 4.98. The second-order valence-corrected chi connectivity index (χ2v) is 4.96. The van der Waals surface area contributed by atoms with Crippen LogP contribution in [-0.2, 0) is 11.2 Å². The van der Waals surface area contributed by atoms with Crippen LogP contribution in [0.5, 0.6) is 5.75 Å². The molecule has 0 aliphatic carbocycles. The largest absolute Gasteiger partial charge is 0.481 e. The molecule has 0 fully saturated rings. The summed E-state index contributed by atoms with van der Waals surface area (Å²) < 4.78 is 5.58. The molecule has 1 aromatic rings. The van der Waals surface area contributed by atoms with Crippen LogP contribution >= 0.6 is 0 Å². The number of carbonyl (C=O) groups excluding carboxylic acids is 1. The van der Waals surface area contributed by atoms with Gasteiger partial charge in [0.15, 0.2) is 6.61 Å². The summed E-state index contributed by atoms with van der Waals surface area (Å²) >= 11 is 0. The second-order valence-electron chi connectivity index (χ2n) is 4.96. The first-order chi connectivity index (χ1) is 8.54. The van der Waals surface area contributed by atoms with Crippen LogP contribution in [0.2, 0.25) is 0 Å². The fourth-order valence-corrected chi connectivity index (χ4v) is 2.15. The monoisotopic (exact) mass is 248 g/mol. The summed E-state index contributed by atoms with van der Waals surface area (Å²) in [7, 11) is 1.79. The summed E-state index contributed by atoms with van der Waals surface area (Å²) in [6.45, 7) is 4.97. The summed E-state index contributed by atoms with van der Waals surface area (Å²) in [5, 5.41) is 0. The minimum Gasteiger partial charge on any atom is -0.481 e. The lowest BCUT2D eigenvalue weighted by Crippen LogP contribution is -2.36. The van der Waals surface area contributed by atoms with E-state index in [-0.39, 0.29) is 12.5 Å². The predicted molar refractivity (Wildman–Crippen MR) is 72.2 cm³/mol. The Hall–Kier alpha value is -1.55. The zero-order chi connectivity index (χ0) is 13.3. The van der Waals surface area contributed by atoms with Gasteiger partial charge in [0.05, 0.1) is 5.69 Å². The molecule has 98 valence electrons. The summed E-state index contributed by atoms with van der Waals surface area (Å²) in [5.41, 5.74) is 8.81. The number of amides is 1. The normalized spacial score (nSPS) is 14.7. The van der Waals surface area contributed by atoms with E-state index >= 15 is 0 Å². The Morgan fingerprint density at radius 3 is 2.78 bits per heavy atom. The van der Waals surface area contributed by atoms with Crippen LogP contribution in [0.25, 0.3) is 0 Å². The number of nitrogens with zero attached hydrogens (tertiary/aromatic N) is 1. The first-order valence-corrected chi connectivity index (χ1v) is 6.30. The van der Waals surface area contributed by atoms with Crippen molar-refractivity contribution in [1.29, 1.82) is 0 Å². The zero-order valence-corrected chi connectivity index (χ0v) is 11.2. The first-order valence-electron chi connectivity index (χ1n) is 6.30. The quantitative estimate of drug-likeness (QED) is 0.885. The molecule has 1 aliphatic heterocycles. The number of likely N-dealkylation sites (N-methyl/N-ethyl adjacent to an activating group) is 1. The van der Waals surface area contributed by atoms with Crippen molar-refractivity contribution >= 4 is 11.6 Å². The van der Waals surface area contributed by atoms with Crippen LogP contribution in [0.15, 0.2) is 12.1 Å². The Bertz CT molecular complexity index is 469. The molecular weight excluding hydrogens is 228 g/mol. The molecule has 0 unspecified atom stereocenters. The van der Waals surface area contributed by atoms with Gasteiger partial charge in [0, 0.05) is 7.05 Å². The Labute approximate surface area is 108 Å². The van der Waals surface area contributed by atoms with Crippen molar-refractivity contribution in [2.24, 2.45) is 5.73 Å². The number of hydrogen-bond donors (Lipinski definition) is 1. The van der Waals surface area contributed by atoms with Crippen molar-refractivity contribution in [3.8, 4) is 5.75 Å². The SMILES string of the molecule is CC(C)c1cc(CCN)c2c(c1)N(C)C(=O)CO2. The van der Waals surface area contributed by atoms with Crippen LogP contribution in [-0.4, -0.2) is 26.1 Å². The molecule has 0 aromatic heterocycles. The Kier molecular flexibility index (Phi) is 3.57. The van der Waals surface area contributed by atoms with E-state index in [2.05, 4.69) is 19.9 Å². The van der Waals surface area contributed by atoms with Gasteiger partial charge < -0.3 is 15.4 Å². The molecule has 2 N–H and O–H groups in total. The minimum absolute atomic E-state index is 0.0119. The van der Waals surface area contributed by atoms with E-state index in [1.165, 1.54) is 5.56 Å². The highest BCUT2D eigenvalue weighted by Gasteiger charge is 2.25. The molecule has 4 nitrogen and oxygen atoms in total. The standard InChI is InChI=1S/C14H20N2O2/c1-9(2)11-6-10(4-5-15)14-12(7-11)16(3)13(17)8-18-14/h6-7,9H,4-5,8,15H2,1-3H3. The molecule has 1 heterocycles. The third-order valence-corrected chi connectivity index (χ3v) is 3.32. The average molecular weight is 248 g/mol. The van der Waals surface area contributed by atoms with Gasteiger partial charge in [-0.05, 0) is 36.1 Å². The highest BCUT2D eigenvalue weighted by Crippen LogP contribution is 2.37. The summed E-state index contributed by atoms with van der Waals surface area (Å²) in [5.74, 6) is 1.21. The molecule has 4 heteroatoms. The molecular formula is C14H20N2O2. The molecule has 1 aromatic carbocycles. The van der Waals surface area contributed by atoms with E-state index < -0.39 is 0 Å². The first kappa shape index (κ1) is 12.9. The van der Waals surface area contributed by atoms with Gasteiger partial charge in [0.25, 0.3) is 5.91 Å². The summed E-state index contributed by atoms with van der Waals surface area (Å²) in [6.07, 6.45) is 0.769. The van der Waals surface area contributed by atoms with E-state index in [1.54, 1.807) is 11.9 Å². The number of nitrogens with two attached hydrogens (primary N) is 1. The lowest BCUT2D eigenvalue weighted by molar-refractivity contribution is -0.121. The molecule has 0 spiro atoms. The van der Waals surface area contributed by atoms with Crippen molar-refractivity contribution in [3.63, 3.8) is 0 Å². The van der Waals surface area contributed by atoms with E-state index in [1.807, 2.05) is 6.07 Å². The molecule has 2 rings (SSSR count). The predicted octanol–water partition coefficient (Wildman–Crippen LogP) is 1.67. The maximum Gasteiger partial charge on any atom is 0.264 e. The highest BCUT2D eigenvalue weighted by atomic mass is 16.5. The van der Waals surface area contributed by atoms with E-state index in [9.17, 15) is 4.79 Å². The third kappa shape index (κ3) is 2.20. The number of ether oxygens (including phenoxy) is 1. The van der Waals surface area contributed by atoms with Gasteiger partial charge in [0.1, 0.15) is 5.75 Å². The van der Waals surface area contributed by atoms with Gasteiger partial charge in [-0.25, -0.2) is 0 Å². The van der Waals surface area contributed by atoms with E-state index in [0.29, 0.717) is 12.5 Å². The number of anilines is 1. The number of rotatable bonds is 3. The molecule has 0 atom stereocenters. The molecule has 18 heavy (non-hydrogen) atoms. The number of hydrogen-bond acceptors (Lipinski definition) is 3. The van der Waals surface area contributed by atoms with Gasteiger partial charge in [-0.1, -0.05) is 19.9 Å². The van der Waals surface area contributed by atoms with E-state index in [0.717, 1.165) is 23.4 Å². The van der Waals surface area contributed by atoms with Crippen LogP contribution in [0, 0.1) is 0 Å². The van der Waals surface area contributed by atoms with Crippen molar-refractivity contribution in [2.75, 3.05) is 25.1 Å². The van der Waals surface area contributed by atoms with Crippen molar-refractivity contribution in [2.45, 2.75) is 26.2 Å². The van der Waals surface area contributed by atoms with Gasteiger partial charge in [-0.2, -0.15) is 0 Å². The number of carbonyl (C=O) groups is 1. The number of benzene rings is 1. The Balaban J connectivity index is 2.54. The zero-order valence-electron chi connectivity index (χ0n) is 11.2. The Morgan fingerprint density at radius 1 is 1.44 bits per heavy atom. The average Bonchev–Trinajstić information content (AvgIpc) is 2.34.